The number of carbonyl (C=O) groups excluding carboxylic acids is 4. The third-order valence-electron chi connectivity index (χ3n) is 3.83. The number of nitrogens with two attached hydrogens (primary N) is 1. The van der Waals surface area contributed by atoms with Crippen LogP contribution in [0, 0.1) is 38.5 Å². The minimum atomic E-state index is -5.19. The Morgan fingerprint density at radius 3 is 1.65 bits per heavy atom. The van der Waals surface area contributed by atoms with Crippen LogP contribution < -0.4 is 67.8 Å². The van der Waals surface area contributed by atoms with Crippen molar-refractivity contribution < 1.29 is 120 Å². The first-order valence-electron chi connectivity index (χ1n) is 8.90. The molecule has 0 bridgehead atoms. The number of carboxylic acid groups (broad SMARTS) is 1. The smallest absolute Gasteiger partial charge is 0.542 e. The van der Waals surface area contributed by atoms with Crippen LogP contribution in [-0.4, -0.2) is 41.3 Å². The quantitative estimate of drug-likeness (QED) is 0.0496. The molecule has 0 radical (unpaired) electrons. The Labute approximate surface area is 247 Å². The molecule has 1 aliphatic heterocycles. The Hall–Kier alpha value is 0.258. The summed E-state index contributed by atoms with van der Waals surface area (Å²) in [5, 5.41) is 8.78. The summed E-state index contributed by atoms with van der Waals surface area (Å²) in [7, 11) is 0. The molecule has 3 amide bonds. The number of halogens is 3. The predicted octanol–water partition coefficient (Wildman–Crippen LogP) is -1.83. The van der Waals surface area contributed by atoms with Crippen LogP contribution in [0.4, 0.5) is 13.2 Å². The fourth-order valence-corrected chi connectivity index (χ4v) is 2.34. The Kier molecular flexibility index (Phi) is 27.4. The van der Waals surface area contributed by atoms with Crippen molar-refractivity contribution in [3.05, 3.63) is 19.6 Å². The maximum atomic E-state index is 11.3. The van der Waals surface area contributed by atoms with Gasteiger partial charge in [0, 0.05) is 56.2 Å². The number of carbonyl (C=O) groups is 4. The second kappa shape index (κ2) is 22.1. The topological polar surface area (TPSA) is 133 Å². The van der Waals surface area contributed by atoms with Gasteiger partial charge in [-0.05, 0) is 12.8 Å². The first-order chi connectivity index (χ1) is 13.1. The number of nitrogens with one attached hydrogen (secondary N) is 1. The predicted molar refractivity (Wildman–Crippen MR) is 97.2 cm³/mol. The summed E-state index contributed by atoms with van der Waals surface area (Å²) in [5.41, 5.74) is 2.12. The van der Waals surface area contributed by atoms with Crippen molar-refractivity contribution in [2.45, 2.75) is 64.0 Å². The van der Waals surface area contributed by atoms with Gasteiger partial charge in [-0.2, -0.15) is 13.2 Å². The number of imide groups is 1. The number of amides is 3. The minimum Gasteiger partial charge on any atom is -0.542 e. The second-order valence-corrected chi connectivity index (χ2v) is 6.09. The summed E-state index contributed by atoms with van der Waals surface area (Å²) in [6, 6.07) is 0. The minimum absolute atomic E-state index is 0. The van der Waals surface area contributed by atoms with Gasteiger partial charge in [0.05, 0.1) is 0 Å². The van der Waals surface area contributed by atoms with E-state index in [9.17, 15) is 27.6 Å². The molecule has 0 saturated heterocycles. The van der Waals surface area contributed by atoms with Gasteiger partial charge in [-0.1, -0.05) is 38.5 Å². The third-order valence-corrected chi connectivity index (χ3v) is 3.83. The maximum absolute atomic E-state index is 11.3. The molecule has 1 rings (SSSR count). The molecule has 0 unspecified atom stereocenters. The molecule has 0 spiro atoms. The largest absolute Gasteiger partial charge is 1.00 e. The molecule has 0 fully saturated rings. The van der Waals surface area contributed by atoms with Gasteiger partial charge in [-0.15, -0.1) is 0 Å². The van der Waals surface area contributed by atoms with E-state index in [1.807, 2.05) is 0 Å². The summed E-state index contributed by atoms with van der Waals surface area (Å²) >= 11 is 0. The Balaban J connectivity index is -0.000000317. The fraction of sp³-hybridized carbons (Fsp3) is 0.611. The Bertz CT molecular complexity index is 560. The number of aliphatic carboxylic acids is 1. The van der Waals surface area contributed by atoms with Crippen LogP contribution in [-0.2, 0) is 19.2 Å². The molecule has 0 saturated carbocycles. The number of alkyl halides is 3. The first-order valence-corrected chi connectivity index (χ1v) is 8.90. The van der Waals surface area contributed by atoms with E-state index in [0.29, 0.717) is 13.0 Å². The average Bonchev–Trinajstić information content (AvgIpc) is 2.94. The molecule has 1 heterocycles. The van der Waals surface area contributed by atoms with Gasteiger partial charge >= 0.3 is 57.6 Å². The van der Waals surface area contributed by atoms with Crippen LogP contribution in [0.15, 0.2) is 12.2 Å². The average molecular weight is 701 g/mol. The summed E-state index contributed by atoms with van der Waals surface area (Å²) < 4.78 is 31.5. The summed E-state index contributed by atoms with van der Waals surface area (Å²) in [5.74, 6) is 1.50. The number of carboxylic acids is 1. The van der Waals surface area contributed by atoms with Crippen molar-refractivity contribution in [1.82, 2.24) is 10.3 Å². The van der Waals surface area contributed by atoms with Gasteiger partial charge in [-0.25, -0.2) is 5.84 Å². The van der Waals surface area contributed by atoms with Crippen molar-refractivity contribution in [3.8, 4) is 0 Å². The van der Waals surface area contributed by atoms with Crippen molar-refractivity contribution in [2.75, 3.05) is 6.54 Å². The SMILES string of the molecule is NNC(=O)CCCCCCCCCCN1C(=O)C=CC1=O.O=C([O-])C(F)(F)F.[CH3-].[K+].[U]. The van der Waals surface area contributed by atoms with Crippen molar-refractivity contribution in [3.63, 3.8) is 0 Å². The summed E-state index contributed by atoms with van der Waals surface area (Å²) in [4.78, 5) is 43.6. The number of hydrazine groups is 1. The summed E-state index contributed by atoms with van der Waals surface area (Å²) in [6.45, 7) is 0.527. The molecule has 0 aliphatic carbocycles. The van der Waals surface area contributed by atoms with Crippen molar-refractivity contribution in [2.24, 2.45) is 5.84 Å². The molecule has 172 valence electrons. The molecule has 1 aliphatic rings. The zero-order valence-electron chi connectivity index (χ0n) is 17.9. The number of nitrogens with zero attached hydrogens (tertiary/aromatic N) is 1. The van der Waals surface area contributed by atoms with E-state index in [0.717, 1.165) is 51.4 Å². The second-order valence-electron chi connectivity index (χ2n) is 6.09. The zero-order valence-corrected chi connectivity index (χ0v) is 25.2. The van der Waals surface area contributed by atoms with Crippen LogP contribution >= 0.6 is 0 Å². The molecule has 13 heteroatoms. The third kappa shape index (κ3) is 20.6. The van der Waals surface area contributed by atoms with Gasteiger partial charge in [-0.3, -0.25) is 24.7 Å². The van der Waals surface area contributed by atoms with Crippen molar-refractivity contribution >= 4 is 23.7 Å². The number of hydrogen-bond donors (Lipinski definition) is 2. The molecule has 0 aromatic rings. The molecule has 8 nitrogen and oxygen atoms in total. The number of rotatable bonds is 11. The molecule has 0 atom stereocenters. The monoisotopic (exact) mass is 700 g/mol. The molecule has 0 aromatic heterocycles. The van der Waals surface area contributed by atoms with E-state index >= 15 is 0 Å². The van der Waals surface area contributed by atoms with E-state index in [1.165, 1.54) is 17.1 Å². The van der Waals surface area contributed by atoms with Crippen LogP contribution in [0.5, 0.6) is 0 Å². The standard InChI is InChI=1S/C15H25N3O3.C2HF3O2.CH3.K.U/c16-17-13(19)9-7-5-3-1-2-4-6-8-12-18-14(20)10-11-15(18)21;3-2(4,5)1(6)7;;;/h10-11H,1-9,12,16H2,(H,17,19);(H,6,7);1H3;;/q;;-1;+1;/p-1. The zero-order chi connectivity index (χ0) is 21.6. The van der Waals surface area contributed by atoms with Gasteiger partial charge in [0.15, 0.2) is 0 Å². The molecule has 31 heavy (non-hydrogen) atoms. The Morgan fingerprint density at radius 1 is 0.935 bits per heavy atom. The van der Waals surface area contributed by atoms with E-state index in [2.05, 4.69) is 5.43 Å². The normalized spacial score (nSPS) is 12.1. The molecular formula is C18H28F3KN3O5U-. The number of hydrogen-bond acceptors (Lipinski definition) is 6. The van der Waals surface area contributed by atoms with E-state index < -0.39 is 12.1 Å². The maximum Gasteiger partial charge on any atom is 1.00 e. The first kappa shape index (κ1) is 38.5. The van der Waals surface area contributed by atoms with Gasteiger partial charge in [0.2, 0.25) is 5.91 Å². The molecule has 3 N–H and O–H groups in total. The molecular weight excluding hydrogens is 672 g/mol. The van der Waals surface area contributed by atoms with Crippen LogP contribution in [0.2, 0.25) is 0 Å². The fourth-order valence-electron chi connectivity index (χ4n) is 2.34. The molecule has 0 aromatic carbocycles. The summed E-state index contributed by atoms with van der Waals surface area (Å²) in [6.07, 6.45) is 6.37. The number of unbranched alkanes of at least 4 members (excludes halogenated alkanes) is 7. The van der Waals surface area contributed by atoms with Gasteiger partial charge < -0.3 is 17.3 Å². The van der Waals surface area contributed by atoms with Crippen molar-refractivity contribution in [1.29, 1.82) is 0 Å². The van der Waals surface area contributed by atoms with Crippen LogP contribution in [0.1, 0.15) is 57.8 Å². The van der Waals surface area contributed by atoms with Crippen LogP contribution in [0.25, 0.3) is 0 Å². The van der Waals surface area contributed by atoms with Gasteiger partial charge in [0.1, 0.15) is 5.97 Å². The Morgan fingerprint density at radius 2 is 1.29 bits per heavy atom. The van der Waals surface area contributed by atoms with Crippen LogP contribution in [0.3, 0.4) is 0 Å². The van der Waals surface area contributed by atoms with E-state index in [-0.39, 0.29) is 108 Å². The van der Waals surface area contributed by atoms with Gasteiger partial charge in [0.25, 0.3) is 11.8 Å². The van der Waals surface area contributed by atoms with E-state index in [1.54, 1.807) is 0 Å². The van der Waals surface area contributed by atoms with E-state index in [4.69, 9.17) is 15.7 Å².